The minimum atomic E-state index is -0.179. The lowest BCUT2D eigenvalue weighted by atomic mass is 9.86. The predicted octanol–water partition coefficient (Wildman–Crippen LogP) is 1.40. The summed E-state index contributed by atoms with van der Waals surface area (Å²) in [5, 5.41) is 6.05. The Morgan fingerprint density at radius 1 is 1.12 bits per heavy atom. The Morgan fingerprint density at radius 3 is 2.54 bits per heavy atom. The van der Waals surface area contributed by atoms with Crippen molar-refractivity contribution in [3.05, 3.63) is 43.0 Å². The molecule has 7 heteroatoms. The summed E-state index contributed by atoms with van der Waals surface area (Å²) in [7, 11) is 0. The number of hydrogen-bond donors (Lipinski definition) is 2. The summed E-state index contributed by atoms with van der Waals surface area (Å²) in [6.45, 7) is 2.52. The highest BCUT2D eigenvalue weighted by atomic mass is 16.5. The topological polar surface area (TPSA) is 81.1 Å². The number of hydrogen-bond acceptors (Lipinski definition) is 5. The van der Waals surface area contributed by atoms with Crippen molar-refractivity contribution in [1.29, 1.82) is 0 Å². The van der Waals surface area contributed by atoms with Crippen LogP contribution in [0.5, 0.6) is 0 Å². The van der Waals surface area contributed by atoms with Gasteiger partial charge in [0.15, 0.2) is 0 Å². The third-order valence-corrected chi connectivity index (χ3v) is 4.36. The fourth-order valence-corrected chi connectivity index (χ4v) is 3.06. The highest BCUT2D eigenvalue weighted by molar-refractivity contribution is 5.77. The van der Waals surface area contributed by atoms with Crippen LogP contribution in [0.2, 0.25) is 0 Å². The minimum Gasteiger partial charge on any atom is -0.381 e. The quantitative estimate of drug-likeness (QED) is 0.751. The Kier molecular flexibility index (Phi) is 5.43. The summed E-state index contributed by atoms with van der Waals surface area (Å²) in [4.78, 5) is 20.6. The number of anilines is 1. The lowest BCUT2D eigenvalue weighted by Gasteiger charge is -2.38. The zero-order valence-corrected chi connectivity index (χ0v) is 13.6. The zero-order chi connectivity index (χ0) is 16.7. The van der Waals surface area contributed by atoms with E-state index in [-0.39, 0.29) is 11.4 Å². The van der Waals surface area contributed by atoms with Gasteiger partial charge in [-0.05, 0) is 31.0 Å². The molecule has 2 aromatic heterocycles. The van der Waals surface area contributed by atoms with Crippen LogP contribution in [0, 0.1) is 0 Å². The molecule has 1 saturated heterocycles. The van der Waals surface area contributed by atoms with Gasteiger partial charge in [-0.15, -0.1) is 0 Å². The van der Waals surface area contributed by atoms with Gasteiger partial charge >= 0.3 is 0 Å². The number of carbonyl (C=O) groups excluding carboxylic acids is 1. The molecule has 2 aromatic rings. The molecule has 24 heavy (non-hydrogen) atoms. The largest absolute Gasteiger partial charge is 0.381 e. The third-order valence-electron chi connectivity index (χ3n) is 4.36. The zero-order valence-electron chi connectivity index (χ0n) is 13.6. The van der Waals surface area contributed by atoms with Gasteiger partial charge in [0.2, 0.25) is 11.9 Å². The van der Waals surface area contributed by atoms with E-state index in [1.165, 1.54) is 0 Å². The molecule has 0 spiro atoms. The first-order chi connectivity index (χ1) is 11.8. The molecule has 1 amide bonds. The molecule has 1 aliphatic rings. The lowest BCUT2D eigenvalue weighted by Crippen LogP contribution is -2.44. The maximum atomic E-state index is 12.4. The van der Waals surface area contributed by atoms with Crippen LogP contribution in [0.15, 0.2) is 43.0 Å². The average molecular weight is 329 g/mol. The molecular weight excluding hydrogens is 306 g/mol. The second-order valence-electron chi connectivity index (χ2n) is 5.95. The number of rotatable bonds is 7. The molecule has 7 nitrogen and oxygen atoms in total. The van der Waals surface area contributed by atoms with Gasteiger partial charge in [-0.1, -0.05) is 0 Å². The fourth-order valence-electron chi connectivity index (χ4n) is 3.06. The van der Waals surface area contributed by atoms with Crippen molar-refractivity contribution >= 4 is 11.9 Å². The molecule has 0 radical (unpaired) electrons. The Morgan fingerprint density at radius 2 is 1.83 bits per heavy atom. The van der Waals surface area contributed by atoms with Crippen molar-refractivity contribution in [3.63, 3.8) is 0 Å². The Hall–Kier alpha value is -2.41. The van der Waals surface area contributed by atoms with Gasteiger partial charge in [0.05, 0.1) is 12.0 Å². The summed E-state index contributed by atoms with van der Waals surface area (Å²) < 4.78 is 7.64. The van der Waals surface area contributed by atoms with E-state index in [9.17, 15) is 4.79 Å². The van der Waals surface area contributed by atoms with E-state index in [1.807, 2.05) is 24.5 Å². The van der Waals surface area contributed by atoms with Crippen LogP contribution in [0.4, 0.5) is 5.95 Å². The van der Waals surface area contributed by atoms with Crippen LogP contribution < -0.4 is 10.6 Å². The standard InChI is InChI=1S/C17H23N5O2/c23-15(18-8-9-21-16-19-6-3-7-20-16)14-17(4-12-24-13-5-17)22-10-1-2-11-22/h1-3,6-7,10-11H,4-5,8-9,12-14H2,(H,18,23)(H,19,20,21). The first kappa shape index (κ1) is 16.4. The second kappa shape index (κ2) is 7.92. The van der Waals surface area contributed by atoms with Gasteiger partial charge in [0.1, 0.15) is 0 Å². The highest BCUT2D eigenvalue weighted by Gasteiger charge is 2.35. The maximum Gasteiger partial charge on any atom is 0.222 e. The number of nitrogens with one attached hydrogen (secondary N) is 2. The third kappa shape index (κ3) is 4.11. The minimum absolute atomic E-state index is 0.0568. The molecule has 0 bridgehead atoms. The molecular formula is C17H23N5O2. The first-order valence-electron chi connectivity index (χ1n) is 8.27. The van der Waals surface area contributed by atoms with E-state index in [0.717, 1.165) is 12.8 Å². The average Bonchev–Trinajstić information content (AvgIpc) is 3.16. The summed E-state index contributed by atoms with van der Waals surface area (Å²) in [6, 6.07) is 5.76. The van der Waals surface area contributed by atoms with E-state index < -0.39 is 0 Å². The molecule has 3 rings (SSSR count). The van der Waals surface area contributed by atoms with E-state index in [2.05, 4.69) is 25.2 Å². The van der Waals surface area contributed by atoms with Gasteiger partial charge in [0.25, 0.3) is 0 Å². The number of ether oxygens (including phenoxy) is 1. The molecule has 128 valence electrons. The van der Waals surface area contributed by atoms with Crippen molar-refractivity contribution in [2.45, 2.75) is 24.8 Å². The number of carbonyl (C=O) groups is 1. The first-order valence-corrected chi connectivity index (χ1v) is 8.27. The van der Waals surface area contributed by atoms with Gasteiger partial charge in [0, 0.05) is 51.1 Å². The van der Waals surface area contributed by atoms with Gasteiger partial charge in [-0.2, -0.15) is 0 Å². The van der Waals surface area contributed by atoms with Crippen molar-refractivity contribution in [3.8, 4) is 0 Å². The van der Waals surface area contributed by atoms with Crippen LogP contribution in [0.3, 0.4) is 0 Å². The summed E-state index contributed by atoms with van der Waals surface area (Å²) in [5.41, 5.74) is -0.179. The second-order valence-corrected chi connectivity index (χ2v) is 5.95. The van der Waals surface area contributed by atoms with Crippen molar-refractivity contribution in [2.24, 2.45) is 0 Å². The molecule has 0 aliphatic carbocycles. The van der Waals surface area contributed by atoms with Crippen LogP contribution in [-0.4, -0.2) is 46.7 Å². The Balaban J connectivity index is 1.49. The van der Waals surface area contributed by atoms with Gasteiger partial charge in [-0.3, -0.25) is 4.79 Å². The van der Waals surface area contributed by atoms with Crippen LogP contribution >= 0.6 is 0 Å². The molecule has 2 N–H and O–H groups in total. The van der Waals surface area contributed by atoms with Gasteiger partial charge in [-0.25, -0.2) is 9.97 Å². The molecule has 3 heterocycles. The number of aromatic nitrogens is 3. The molecule has 0 aromatic carbocycles. The molecule has 0 saturated carbocycles. The normalized spacial score (nSPS) is 16.5. The van der Waals surface area contributed by atoms with Gasteiger partial charge < -0.3 is 19.9 Å². The predicted molar refractivity (Wildman–Crippen MR) is 90.6 cm³/mol. The molecule has 1 aliphatic heterocycles. The van der Waals surface area contributed by atoms with Crippen LogP contribution in [-0.2, 0) is 15.1 Å². The van der Waals surface area contributed by atoms with E-state index in [1.54, 1.807) is 18.5 Å². The summed E-state index contributed by atoms with van der Waals surface area (Å²) in [5.74, 6) is 0.626. The van der Waals surface area contributed by atoms with Crippen LogP contribution in [0.25, 0.3) is 0 Å². The highest BCUT2D eigenvalue weighted by Crippen LogP contribution is 2.32. The van der Waals surface area contributed by atoms with Crippen molar-refractivity contribution in [2.75, 3.05) is 31.6 Å². The lowest BCUT2D eigenvalue weighted by molar-refractivity contribution is -0.124. The fraction of sp³-hybridized carbons (Fsp3) is 0.471. The van der Waals surface area contributed by atoms with Crippen molar-refractivity contribution in [1.82, 2.24) is 19.9 Å². The number of nitrogens with zero attached hydrogens (tertiary/aromatic N) is 3. The number of amides is 1. The summed E-state index contributed by atoms with van der Waals surface area (Å²) in [6.07, 6.45) is 9.60. The van der Waals surface area contributed by atoms with E-state index in [0.29, 0.717) is 38.7 Å². The SMILES string of the molecule is O=C(CC1(n2cccc2)CCOCC1)NCCNc1ncccn1. The molecule has 0 unspecified atom stereocenters. The molecule has 1 fully saturated rings. The smallest absolute Gasteiger partial charge is 0.222 e. The molecule has 0 atom stereocenters. The van der Waals surface area contributed by atoms with Crippen LogP contribution in [0.1, 0.15) is 19.3 Å². The summed E-state index contributed by atoms with van der Waals surface area (Å²) >= 11 is 0. The Labute approximate surface area is 141 Å². The van der Waals surface area contributed by atoms with E-state index in [4.69, 9.17) is 4.74 Å². The Bertz CT molecular complexity index is 624. The van der Waals surface area contributed by atoms with E-state index >= 15 is 0 Å². The van der Waals surface area contributed by atoms with Crippen molar-refractivity contribution < 1.29 is 9.53 Å². The monoisotopic (exact) mass is 329 g/mol. The maximum absolute atomic E-state index is 12.4.